The van der Waals surface area contributed by atoms with Crippen LogP contribution in [0.3, 0.4) is 0 Å². The zero-order valence-corrected chi connectivity index (χ0v) is 16.9. The van der Waals surface area contributed by atoms with Crippen molar-refractivity contribution in [3.8, 4) is 11.5 Å². The Morgan fingerprint density at radius 3 is 2.59 bits per heavy atom. The van der Waals surface area contributed by atoms with Gasteiger partial charge < -0.3 is 14.8 Å². The Hall–Kier alpha value is -3.31. The minimum atomic E-state index is -0.262. The number of carbonyl (C=O) groups is 1. The van der Waals surface area contributed by atoms with Gasteiger partial charge in [0.05, 0.1) is 12.8 Å². The maximum atomic E-state index is 12.1. The minimum absolute atomic E-state index is 0.107. The number of aryl methyl sites for hydroxylation is 1. The van der Waals surface area contributed by atoms with Gasteiger partial charge in [0, 0.05) is 16.9 Å². The summed E-state index contributed by atoms with van der Waals surface area (Å²) >= 11 is 6.08. The summed E-state index contributed by atoms with van der Waals surface area (Å²) in [6.07, 6.45) is 1.74. The number of hydrogen-bond acceptors (Lipinski definition) is 4. The van der Waals surface area contributed by atoms with Crippen LogP contribution in [0.1, 0.15) is 11.1 Å². The highest BCUT2D eigenvalue weighted by Crippen LogP contribution is 2.20. The number of rotatable bonds is 7. The molecule has 0 atom stereocenters. The Labute approximate surface area is 175 Å². The maximum absolute atomic E-state index is 12.1. The van der Waals surface area contributed by atoms with E-state index in [1.54, 1.807) is 31.5 Å². The topological polar surface area (TPSA) is 59.9 Å². The smallest absolute Gasteiger partial charge is 0.262 e. The third kappa shape index (κ3) is 6.09. The lowest BCUT2D eigenvalue weighted by Crippen LogP contribution is -2.20. The van der Waals surface area contributed by atoms with Crippen molar-refractivity contribution in [2.45, 2.75) is 6.92 Å². The first-order chi connectivity index (χ1) is 14.0. The van der Waals surface area contributed by atoms with Gasteiger partial charge in [0.15, 0.2) is 6.61 Å². The van der Waals surface area contributed by atoms with Crippen LogP contribution < -0.4 is 14.8 Å². The molecule has 0 spiro atoms. The fraction of sp³-hybridized carbons (Fsp3) is 0.130. The van der Waals surface area contributed by atoms with E-state index >= 15 is 0 Å². The van der Waals surface area contributed by atoms with Crippen LogP contribution in [0.2, 0.25) is 5.02 Å². The molecule has 6 heteroatoms. The molecular weight excluding hydrogens is 388 g/mol. The Morgan fingerprint density at radius 2 is 1.86 bits per heavy atom. The summed E-state index contributed by atoms with van der Waals surface area (Å²) in [5.41, 5.74) is 3.26. The summed E-state index contributed by atoms with van der Waals surface area (Å²) in [4.78, 5) is 16.5. The molecule has 5 nitrogen and oxygen atoms in total. The van der Waals surface area contributed by atoms with Crippen molar-refractivity contribution in [2.75, 3.05) is 19.0 Å². The first-order valence-corrected chi connectivity index (χ1v) is 9.38. The van der Waals surface area contributed by atoms with Crippen molar-refractivity contribution < 1.29 is 14.3 Å². The van der Waals surface area contributed by atoms with Crippen molar-refractivity contribution >= 4 is 35.1 Å². The summed E-state index contributed by atoms with van der Waals surface area (Å²) in [6, 6.07) is 20.2. The molecule has 148 valence electrons. The van der Waals surface area contributed by atoms with Gasteiger partial charge in [0.2, 0.25) is 0 Å². The molecule has 0 saturated heterocycles. The molecule has 3 rings (SSSR count). The van der Waals surface area contributed by atoms with E-state index in [0.29, 0.717) is 16.5 Å². The van der Waals surface area contributed by atoms with Gasteiger partial charge in [-0.2, -0.15) is 0 Å². The molecule has 3 aromatic rings. The monoisotopic (exact) mass is 408 g/mol. The van der Waals surface area contributed by atoms with E-state index in [0.717, 1.165) is 22.6 Å². The zero-order chi connectivity index (χ0) is 20.6. The van der Waals surface area contributed by atoms with Gasteiger partial charge in [0.25, 0.3) is 5.91 Å². The summed E-state index contributed by atoms with van der Waals surface area (Å²) in [5, 5.41) is 3.37. The number of benzene rings is 3. The lowest BCUT2D eigenvalue weighted by Gasteiger charge is -2.09. The summed E-state index contributed by atoms with van der Waals surface area (Å²) < 4.78 is 10.7. The average Bonchev–Trinajstić information content (AvgIpc) is 2.74. The third-order valence-electron chi connectivity index (χ3n) is 4.12. The number of methoxy groups -OCH3 is 1. The number of hydrogen-bond donors (Lipinski definition) is 1. The van der Waals surface area contributed by atoms with Gasteiger partial charge in [-0.3, -0.25) is 9.79 Å². The van der Waals surface area contributed by atoms with Crippen LogP contribution in [0.5, 0.6) is 11.5 Å². The zero-order valence-electron chi connectivity index (χ0n) is 16.2. The molecule has 0 heterocycles. The third-order valence-corrected chi connectivity index (χ3v) is 4.53. The maximum Gasteiger partial charge on any atom is 0.262 e. The molecule has 0 aliphatic heterocycles. The second-order valence-electron chi connectivity index (χ2n) is 6.33. The van der Waals surface area contributed by atoms with E-state index in [1.165, 1.54) is 0 Å². The van der Waals surface area contributed by atoms with Crippen LogP contribution >= 0.6 is 11.6 Å². The van der Waals surface area contributed by atoms with Gasteiger partial charge >= 0.3 is 0 Å². The molecule has 0 aromatic heterocycles. The molecule has 0 aliphatic rings. The van der Waals surface area contributed by atoms with Crippen molar-refractivity contribution in [1.29, 1.82) is 0 Å². The number of anilines is 1. The van der Waals surface area contributed by atoms with Crippen molar-refractivity contribution in [3.63, 3.8) is 0 Å². The molecule has 1 amide bonds. The molecular formula is C23H21ClN2O3. The van der Waals surface area contributed by atoms with Crippen molar-refractivity contribution in [1.82, 2.24) is 0 Å². The second kappa shape index (κ2) is 9.75. The Morgan fingerprint density at radius 1 is 1.07 bits per heavy atom. The lowest BCUT2D eigenvalue weighted by molar-refractivity contribution is -0.118. The molecule has 3 aromatic carbocycles. The Balaban J connectivity index is 1.56. The van der Waals surface area contributed by atoms with E-state index in [9.17, 15) is 4.79 Å². The summed E-state index contributed by atoms with van der Waals surface area (Å²) in [5.74, 6) is 1.11. The number of carbonyl (C=O) groups excluding carboxylic acids is 1. The van der Waals surface area contributed by atoms with E-state index in [2.05, 4.69) is 10.3 Å². The van der Waals surface area contributed by atoms with Crippen LogP contribution in [0.4, 0.5) is 11.4 Å². The molecule has 0 fully saturated rings. The number of halogens is 1. The normalized spacial score (nSPS) is 10.7. The summed E-state index contributed by atoms with van der Waals surface area (Å²) in [6.45, 7) is 1.80. The predicted molar refractivity (Wildman–Crippen MR) is 117 cm³/mol. The van der Waals surface area contributed by atoms with E-state index in [4.69, 9.17) is 21.1 Å². The fourth-order valence-corrected chi connectivity index (χ4v) is 2.70. The van der Waals surface area contributed by atoms with Gasteiger partial charge in [-0.25, -0.2) is 0 Å². The van der Waals surface area contributed by atoms with Gasteiger partial charge in [-0.05, 0) is 66.6 Å². The van der Waals surface area contributed by atoms with Gasteiger partial charge in [0.1, 0.15) is 11.5 Å². The molecule has 0 saturated carbocycles. The fourth-order valence-electron chi connectivity index (χ4n) is 2.52. The molecule has 0 unspecified atom stereocenters. The quantitative estimate of drug-likeness (QED) is 0.530. The van der Waals surface area contributed by atoms with Gasteiger partial charge in [-0.15, -0.1) is 0 Å². The van der Waals surface area contributed by atoms with Crippen LogP contribution in [0.15, 0.2) is 71.7 Å². The molecule has 0 aliphatic carbocycles. The summed E-state index contributed by atoms with van der Waals surface area (Å²) in [7, 11) is 1.62. The lowest BCUT2D eigenvalue weighted by atomic mass is 10.2. The van der Waals surface area contributed by atoms with Crippen LogP contribution in [0.25, 0.3) is 0 Å². The molecule has 0 radical (unpaired) electrons. The van der Waals surface area contributed by atoms with Crippen molar-refractivity contribution in [2.24, 2.45) is 4.99 Å². The predicted octanol–water partition coefficient (Wildman–Crippen LogP) is 5.43. The highest BCUT2D eigenvalue weighted by Gasteiger charge is 2.05. The van der Waals surface area contributed by atoms with Crippen LogP contribution in [-0.4, -0.2) is 25.8 Å². The number of nitrogens with one attached hydrogen (secondary N) is 1. The van der Waals surface area contributed by atoms with Crippen LogP contribution in [0, 0.1) is 6.92 Å². The average molecular weight is 409 g/mol. The first-order valence-electron chi connectivity index (χ1n) is 9.00. The standard InChI is InChI=1S/C23H21ClN2O3/c1-16-6-7-19(13-22(16)24)26-23(27)15-29-21-5-3-4-17(12-21)14-25-18-8-10-20(28-2)11-9-18/h3-14H,15H2,1-2H3,(H,26,27). The van der Waals surface area contributed by atoms with E-state index < -0.39 is 0 Å². The molecule has 1 N–H and O–H groups in total. The minimum Gasteiger partial charge on any atom is -0.497 e. The highest BCUT2D eigenvalue weighted by atomic mass is 35.5. The van der Waals surface area contributed by atoms with E-state index in [1.807, 2.05) is 55.5 Å². The van der Waals surface area contributed by atoms with Gasteiger partial charge in [-0.1, -0.05) is 29.8 Å². The first kappa shape index (κ1) is 20.4. The Bertz CT molecular complexity index is 1020. The van der Waals surface area contributed by atoms with Crippen molar-refractivity contribution in [3.05, 3.63) is 82.9 Å². The number of aliphatic imine (C=N–C) groups is 1. The number of nitrogens with zero attached hydrogens (tertiary/aromatic N) is 1. The number of amides is 1. The second-order valence-corrected chi connectivity index (χ2v) is 6.74. The molecule has 29 heavy (non-hydrogen) atoms. The SMILES string of the molecule is COc1ccc(N=Cc2cccc(OCC(=O)Nc3ccc(C)c(Cl)c3)c2)cc1. The highest BCUT2D eigenvalue weighted by molar-refractivity contribution is 6.31. The Kier molecular flexibility index (Phi) is 6.87. The van der Waals surface area contributed by atoms with E-state index in [-0.39, 0.29) is 12.5 Å². The largest absolute Gasteiger partial charge is 0.497 e. The van der Waals surface area contributed by atoms with Crippen LogP contribution in [-0.2, 0) is 4.79 Å². The number of ether oxygens (including phenoxy) is 2. The molecule has 0 bridgehead atoms.